The first-order valence-electron chi connectivity index (χ1n) is 10.5. The number of nitrogens with one attached hydrogen (secondary N) is 2. The third-order valence-corrected chi connectivity index (χ3v) is 5.20. The molecule has 0 spiro atoms. The summed E-state index contributed by atoms with van der Waals surface area (Å²) in [6, 6.07) is 10.1. The maximum atomic E-state index is 12.4. The van der Waals surface area contributed by atoms with Gasteiger partial charge in [0.25, 0.3) is 0 Å². The molecule has 2 N–H and O–H groups in total. The van der Waals surface area contributed by atoms with E-state index in [9.17, 15) is 9.59 Å². The lowest BCUT2D eigenvalue weighted by molar-refractivity contribution is -0.128. The molecule has 2 rings (SSSR count). The first-order chi connectivity index (χ1) is 14.4. The van der Waals surface area contributed by atoms with Crippen LogP contribution < -0.4 is 10.6 Å². The molecule has 1 aliphatic heterocycles. The number of benzene rings is 1. The summed E-state index contributed by atoms with van der Waals surface area (Å²) in [4.78, 5) is 32.1. The van der Waals surface area contributed by atoms with E-state index in [1.165, 1.54) is 4.90 Å². The topological polar surface area (TPSA) is 86.3 Å². The number of nitrogens with zero attached hydrogens (tertiary/aromatic N) is 3. The van der Waals surface area contributed by atoms with E-state index >= 15 is 0 Å². The van der Waals surface area contributed by atoms with Gasteiger partial charge in [0.2, 0.25) is 11.8 Å². The smallest absolute Gasteiger partial charge is 0.243 e. The van der Waals surface area contributed by atoms with Crippen LogP contribution in [0.5, 0.6) is 0 Å². The highest BCUT2D eigenvalue weighted by Gasteiger charge is 2.38. The van der Waals surface area contributed by atoms with Crippen molar-refractivity contribution >= 4 is 41.8 Å². The number of hydrogen-bond donors (Lipinski definition) is 2. The van der Waals surface area contributed by atoms with Crippen molar-refractivity contribution in [2.75, 3.05) is 54.0 Å². The van der Waals surface area contributed by atoms with Gasteiger partial charge in [-0.05, 0) is 18.9 Å². The summed E-state index contributed by atoms with van der Waals surface area (Å²) in [5.74, 6) is 0.769. The monoisotopic (exact) mass is 545 g/mol. The second kappa shape index (κ2) is 14.2. The predicted molar refractivity (Wildman–Crippen MR) is 134 cm³/mol. The lowest BCUT2D eigenvalue weighted by atomic mass is 9.94. The summed E-state index contributed by atoms with van der Waals surface area (Å²) < 4.78 is 5.37. The Kier molecular flexibility index (Phi) is 12.5. The predicted octanol–water partition coefficient (Wildman–Crippen LogP) is 1.87. The molecule has 0 aliphatic carbocycles. The van der Waals surface area contributed by atoms with Crippen LogP contribution >= 0.6 is 24.0 Å². The molecule has 2 amide bonds. The van der Waals surface area contributed by atoms with E-state index < -0.39 is 0 Å². The Morgan fingerprint density at radius 2 is 1.97 bits per heavy atom. The summed E-state index contributed by atoms with van der Waals surface area (Å²) >= 11 is 0. The molecule has 8 nitrogen and oxygen atoms in total. The van der Waals surface area contributed by atoms with Gasteiger partial charge in [-0.3, -0.25) is 9.59 Å². The van der Waals surface area contributed by atoms with Crippen molar-refractivity contribution < 1.29 is 14.3 Å². The zero-order valence-corrected chi connectivity index (χ0v) is 21.3. The maximum absolute atomic E-state index is 12.4. The fourth-order valence-electron chi connectivity index (χ4n) is 3.50. The van der Waals surface area contributed by atoms with Gasteiger partial charge in [0, 0.05) is 59.8 Å². The number of aliphatic imine (C=N–C) groups is 1. The molecule has 0 saturated carbocycles. The molecule has 174 valence electrons. The Hall–Kier alpha value is -1.88. The van der Waals surface area contributed by atoms with Gasteiger partial charge in [-0.2, -0.15) is 0 Å². The fourth-order valence-corrected chi connectivity index (χ4v) is 3.50. The quantitative estimate of drug-likeness (QED) is 0.203. The Morgan fingerprint density at radius 1 is 1.26 bits per heavy atom. The van der Waals surface area contributed by atoms with E-state index in [1.54, 1.807) is 14.1 Å². The zero-order valence-electron chi connectivity index (χ0n) is 19.0. The molecular formula is C22H36IN5O3. The third kappa shape index (κ3) is 8.64. The summed E-state index contributed by atoms with van der Waals surface area (Å²) in [5.41, 5.74) is 1.13. The number of amides is 2. The van der Waals surface area contributed by atoms with Crippen molar-refractivity contribution in [1.29, 1.82) is 0 Å². The lowest BCUT2D eigenvalue weighted by Crippen LogP contribution is -2.42. The minimum absolute atomic E-state index is 0. The Balaban J connectivity index is 0.00000480. The van der Waals surface area contributed by atoms with Crippen molar-refractivity contribution in [2.45, 2.75) is 25.8 Å². The molecule has 2 unspecified atom stereocenters. The number of rotatable bonds is 10. The molecule has 1 fully saturated rings. The van der Waals surface area contributed by atoms with E-state index in [-0.39, 0.29) is 54.3 Å². The molecule has 1 heterocycles. The molecule has 0 radical (unpaired) electrons. The highest BCUT2D eigenvalue weighted by molar-refractivity contribution is 14.0. The van der Waals surface area contributed by atoms with Crippen LogP contribution in [-0.4, -0.2) is 81.6 Å². The van der Waals surface area contributed by atoms with E-state index in [1.807, 2.05) is 37.1 Å². The van der Waals surface area contributed by atoms with E-state index in [0.29, 0.717) is 38.7 Å². The van der Waals surface area contributed by atoms with Gasteiger partial charge in [-0.15, -0.1) is 24.0 Å². The molecule has 0 aromatic heterocycles. The van der Waals surface area contributed by atoms with Crippen LogP contribution in [0.25, 0.3) is 0 Å². The largest absolute Gasteiger partial charge is 0.382 e. The Bertz CT molecular complexity index is 714. The molecule has 1 aromatic rings. The second-order valence-corrected chi connectivity index (χ2v) is 7.64. The van der Waals surface area contributed by atoms with Gasteiger partial charge >= 0.3 is 0 Å². The Morgan fingerprint density at radius 3 is 2.61 bits per heavy atom. The molecule has 1 aliphatic rings. The fraction of sp³-hybridized carbons (Fsp3) is 0.591. The van der Waals surface area contributed by atoms with Crippen molar-refractivity contribution in [3.8, 4) is 0 Å². The number of guanidine groups is 1. The number of hydrogen-bond acceptors (Lipinski definition) is 4. The number of likely N-dealkylation sites (N-methyl/N-ethyl adjacent to an activating group) is 1. The van der Waals surface area contributed by atoms with Gasteiger partial charge in [0.05, 0.1) is 6.04 Å². The van der Waals surface area contributed by atoms with Crippen LogP contribution in [0.2, 0.25) is 0 Å². The van der Waals surface area contributed by atoms with Crippen molar-refractivity contribution in [3.63, 3.8) is 0 Å². The van der Waals surface area contributed by atoms with Gasteiger partial charge in [-0.1, -0.05) is 30.3 Å². The Labute approximate surface area is 202 Å². The number of ether oxygens (including phenoxy) is 1. The van der Waals surface area contributed by atoms with Gasteiger partial charge in [0.15, 0.2) is 5.96 Å². The highest BCUT2D eigenvalue weighted by atomic mass is 127. The highest BCUT2D eigenvalue weighted by Crippen LogP contribution is 2.36. The van der Waals surface area contributed by atoms with Crippen LogP contribution in [0.4, 0.5) is 0 Å². The summed E-state index contributed by atoms with van der Waals surface area (Å²) in [6.45, 7) is 4.68. The van der Waals surface area contributed by atoms with Crippen LogP contribution in [0.1, 0.15) is 31.4 Å². The van der Waals surface area contributed by atoms with Crippen LogP contribution in [0, 0.1) is 5.92 Å². The first kappa shape index (κ1) is 27.2. The zero-order chi connectivity index (χ0) is 21.9. The minimum Gasteiger partial charge on any atom is -0.382 e. The van der Waals surface area contributed by atoms with Crippen molar-refractivity contribution in [3.05, 3.63) is 35.9 Å². The van der Waals surface area contributed by atoms with Crippen LogP contribution in [0.15, 0.2) is 35.3 Å². The standard InChI is InChI=1S/C22H35N5O3.HI/c1-5-30-13-9-12-23-22(25-16-20(29)26(2)3)24-15-18-14-19(28)27(4)21(18)17-10-7-6-8-11-17;/h6-8,10-11,18,21H,5,9,12-16H2,1-4H3,(H2,23,24,25);1H. The van der Waals surface area contributed by atoms with Gasteiger partial charge in [-0.25, -0.2) is 4.99 Å². The normalized spacial score (nSPS) is 18.5. The van der Waals surface area contributed by atoms with E-state index in [4.69, 9.17) is 4.74 Å². The maximum Gasteiger partial charge on any atom is 0.243 e. The third-order valence-electron chi connectivity index (χ3n) is 5.20. The number of halogens is 1. The van der Waals surface area contributed by atoms with Crippen molar-refractivity contribution in [2.24, 2.45) is 10.9 Å². The van der Waals surface area contributed by atoms with Gasteiger partial charge in [0.1, 0.15) is 6.54 Å². The molecule has 2 atom stereocenters. The average molecular weight is 545 g/mol. The summed E-state index contributed by atoms with van der Waals surface area (Å²) in [5, 5.41) is 6.60. The first-order valence-corrected chi connectivity index (χ1v) is 10.5. The SMILES string of the molecule is CCOCCCNC(=NCC(=O)N(C)C)NCC1CC(=O)N(C)C1c1ccccc1.I. The lowest BCUT2D eigenvalue weighted by Gasteiger charge is -2.26. The summed E-state index contributed by atoms with van der Waals surface area (Å²) in [6.07, 6.45) is 1.32. The molecule has 1 aromatic carbocycles. The number of carbonyl (C=O) groups excluding carboxylic acids is 2. The molecule has 31 heavy (non-hydrogen) atoms. The average Bonchev–Trinajstić information content (AvgIpc) is 3.03. The second-order valence-electron chi connectivity index (χ2n) is 7.64. The number of carbonyl (C=O) groups is 2. The minimum atomic E-state index is -0.0663. The van der Waals surface area contributed by atoms with E-state index in [0.717, 1.165) is 12.0 Å². The molecule has 1 saturated heterocycles. The molecular weight excluding hydrogens is 509 g/mol. The molecule has 0 bridgehead atoms. The van der Waals surface area contributed by atoms with Gasteiger partial charge < -0.3 is 25.2 Å². The number of likely N-dealkylation sites (tertiary alicyclic amines) is 1. The van der Waals surface area contributed by atoms with Crippen LogP contribution in [-0.2, 0) is 14.3 Å². The molecule has 9 heteroatoms. The van der Waals surface area contributed by atoms with Crippen LogP contribution in [0.3, 0.4) is 0 Å². The van der Waals surface area contributed by atoms with E-state index in [2.05, 4.69) is 27.8 Å². The summed E-state index contributed by atoms with van der Waals surface area (Å²) in [7, 11) is 5.28. The van der Waals surface area contributed by atoms with Crippen molar-refractivity contribution in [1.82, 2.24) is 20.4 Å².